The summed E-state index contributed by atoms with van der Waals surface area (Å²) in [6.45, 7) is 6.16. The molecule has 4 heteroatoms. The molecule has 0 aliphatic carbocycles. The zero-order valence-electron chi connectivity index (χ0n) is 14.8. The maximum absolute atomic E-state index is 6.06. The highest BCUT2D eigenvalue weighted by molar-refractivity contribution is 7.09. The van der Waals surface area contributed by atoms with Gasteiger partial charge in [0.15, 0.2) is 0 Å². The second-order valence-corrected chi connectivity index (χ2v) is 7.18. The molecule has 0 radical (unpaired) electrons. The van der Waals surface area contributed by atoms with Crippen molar-refractivity contribution in [2.24, 2.45) is 0 Å². The molecular weight excluding hydrogens is 330 g/mol. The van der Waals surface area contributed by atoms with Crippen LogP contribution in [0.25, 0.3) is 10.4 Å². The number of nitrogens with zero attached hydrogens (tertiary/aromatic N) is 1. The van der Waals surface area contributed by atoms with Crippen molar-refractivity contribution >= 4 is 11.5 Å². The van der Waals surface area contributed by atoms with Crippen molar-refractivity contribution in [2.45, 2.75) is 39.4 Å². The van der Waals surface area contributed by atoms with Crippen LogP contribution < -0.4 is 9.47 Å². The van der Waals surface area contributed by atoms with Gasteiger partial charge in [-0.1, -0.05) is 12.1 Å². The molecule has 2 aromatic carbocycles. The highest BCUT2D eigenvalue weighted by atomic mass is 32.1. The topological polar surface area (TPSA) is 31.4 Å². The van der Waals surface area contributed by atoms with E-state index in [1.807, 2.05) is 50.4 Å². The van der Waals surface area contributed by atoms with Gasteiger partial charge in [0.25, 0.3) is 0 Å². The summed E-state index contributed by atoms with van der Waals surface area (Å²) < 4.78 is 16.0. The van der Waals surface area contributed by atoms with Crippen molar-refractivity contribution in [2.75, 3.05) is 0 Å². The second kappa shape index (κ2) is 8.17. The molecule has 0 saturated heterocycles. The fourth-order valence-corrected chi connectivity index (χ4v) is 3.28. The maximum atomic E-state index is 6.06. The molecule has 1 aromatic heterocycles. The van der Waals surface area contributed by atoms with Crippen LogP contribution in [-0.4, -0.2) is 16.6 Å². The molecule has 1 heterocycles. The van der Waals surface area contributed by atoms with E-state index in [-0.39, 0.29) is 12.2 Å². The first-order valence-corrected chi connectivity index (χ1v) is 9.31. The third-order valence-electron chi connectivity index (χ3n) is 3.71. The zero-order valence-corrected chi connectivity index (χ0v) is 15.6. The highest BCUT2D eigenvalue weighted by Gasteiger charge is 2.08. The van der Waals surface area contributed by atoms with Gasteiger partial charge in [-0.15, -0.1) is 0 Å². The summed E-state index contributed by atoms with van der Waals surface area (Å²) >= 11 is 1.50. The molecule has 0 unspecified atom stereocenters. The Labute approximate surface area is 153 Å². The zero-order chi connectivity index (χ0) is 17.6. The lowest BCUT2D eigenvalue weighted by atomic mass is 10.1. The molecule has 25 heavy (non-hydrogen) atoms. The van der Waals surface area contributed by atoms with Crippen molar-refractivity contribution < 1.29 is 9.47 Å². The molecule has 0 N–H and O–H groups in total. The van der Waals surface area contributed by atoms with E-state index in [9.17, 15) is 0 Å². The van der Waals surface area contributed by atoms with Crippen LogP contribution in [0.5, 0.6) is 11.5 Å². The Balaban J connectivity index is 1.60. The average Bonchev–Trinajstić information content (AvgIpc) is 3.09. The number of hydrogen-bond acceptors (Lipinski definition) is 4. The summed E-state index contributed by atoms with van der Waals surface area (Å²) in [5, 5.41) is 0. The Morgan fingerprint density at radius 3 is 2.40 bits per heavy atom. The minimum Gasteiger partial charge on any atom is -0.491 e. The van der Waals surface area contributed by atoms with Gasteiger partial charge in [-0.05, 0) is 85.9 Å². The quantitative estimate of drug-likeness (QED) is 0.553. The molecule has 0 saturated carbocycles. The molecule has 0 spiro atoms. The van der Waals surface area contributed by atoms with Crippen LogP contribution in [0.15, 0.2) is 60.8 Å². The Hall–Kier alpha value is -2.33. The van der Waals surface area contributed by atoms with E-state index in [1.165, 1.54) is 27.5 Å². The van der Waals surface area contributed by atoms with Crippen LogP contribution in [-0.2, 0) is 6.42 Å². The van der Waals surface area contributed by atoms with Crippen LogP contribution in [0.1, 0.15) is 26.3 Å². The molecule has 0 aliphatic heterocycles. The molecular formula is C21H23NO2S. The molecule has 0 fully saturated rings. The van der Waals surface area contributed by atoms with Crippen molar-refractivity contribution in [3.63, 3.8) is 0 Å². The van der Waals surface area contributed by atoms with Crippen LogP contribution in [0.4, 0.5) is 0 Å². The molecule has 130 valence electrons. The van der Waals surface area contributed by atoms with Gasteiger partial charge >= 0.3 is 0 Å². The Morgan fingerprint density at radius 1 is 0.920 bits per heavy atom. The maximum Gasteiger partial charge on any atom is 0.119 e. The Morgan fingerprint density at radius 2 is 1.72 bits per heavy atom. The van der Waals surface area contributed by atoms with Gasteiger partial charge in [-0.25, -0.2) is 4.37 Å². The van der Waals surface area contributed by atoms with Crippen LogP contribution in [0.2, 0.25) is 0 Å². The van der Waals surface area contributed by atoms with Gasteiger partial charge in [0, 0.05) is 12.6 Å². The van der Waals surface area contributed by atoms with Crippen LogP contribution >= 0.6 is 11.5 Å². The normalized spacial score (nSPS) is 12.2. The lowest BCUT2D eigenvalue weighted by Crippen LogP contribution is -2.15. The van der Waals surface area contributed by atoms with E-state index in [0.29, 0.717) is 0 Å². The monoisotopic (exact) mass is 353 g/mol. The molecule has 3 rings (SSSR count). The molecule has 0 amide bonds. The predicted molar refractivity (Wildman–Crippen MR) is 104 cm³/mol. The van der Waals surface area contributed by atoms with Gasteiger partial charge < -0.3 is 9.47 Å². The van der Waals surface area contributed by atoms with Gasteiger partial charge in [0.1, 0.15) is 11.5 Å². The van der Waals surface area contributed by atoms with Gasteiger partial charge in [0.05, 0.1) is 17.1 Å². The van der Waals surface area contributed by atoms with Crippen molar-refractivity contribution in [1.29, 1.82) is 0 Å². The van der Waals surface area contributed by atoms with E-state index in [2.05, 4.69) is 35.6 Å². The summed E-state index contributed by atoms with van der Waals surface area (Å²) in [7, 11) is 0. The number of ether oxygens (including phenoxy) is 2. The fourth-order valence-electron chi connectivity index (χ4n) is 2.69. The first kappa shape index (κ1) is 17.5. The predicted octanol–water partition coefficient (Wildman–Crippen LogP) is 5.61. The standard InChI is InChI=1S/C21H23NO2S/c1-15(2)23-20-6-4-5-17(14-20)13-16(3)24-19-9-7-18(8-10-19)21-11-12-22-25-21/h4-12,14-16H,13H2,1-3H3/t16-/m1/s1. The molecule has 3 nitrogen and oxygen atoms in total. The van der Waals surface area contributed by atoms with E-state index in [1.54, 1.807) is 0 Å². The van der Waals surface area contributed by atoms with Gasteiger partial charge in [-0.2, -0.15) is 0 Å². The van der Waals surface area contributed by atoms with Crippen LogP contribution in [0.3, 0.4) is 0 Å². The first-order chi connectivity index (χ1) is 12.1. The lowest BCUT2D eigenvalue weighted by Gasteiger charge is -2.16. The molecule has 3 aromatic rings. The van der Waals surface area contributed by atoms with Crippen molar-refractivity contribution in [1.82, 2.24) is 4.37 Å². The Bertz CT molecular complexity index is 782. The Kier molecular flexibility index (Phi) is 5.71. The first-order valence-electron chi connectivity index (χ1n) is 8.53. The number of benzene rings is 2. The summed E-state index contributed by atoms with van der Waals surface area (Å²) in [5.41, 5.74) is 2.38. The molecule has 0 bridgehead atoms. The lowest BCUT2D eigenvalue weighted by molar-refractivity contribution is 0.221. The summed E-state index contributed by atoms with van der Waals surface area (Å²) in [4.78, 5) is 1.17. The largest absolute Gasteiger partial charge is 0.491 e. The summed E-state index contributed by atoms with van der Waals surface area (Å²) in [5.74, 6) is 1.80. The van der Waals surface area contributed by atoms with E-state index in [0.717, 1.165) is 17.9 Å². The van der Waals surface area contributed by atoms with Gasteiger partial charge in [0.2, 0.25) is 0 Å². The third kappa shape index (κ3) is 5.07. The third-order valence-corrected chi connectivity index (χ3v) is 4.50. The highest BCUT2D eigenvalue weighted by Crippen LogP contribution is 2.25. The van der Waals surface area contributed by atoms with Crippen LogP contribution in [0, 0.1) is 0 Å². The number of rotatable bonds is 7. The second-order valence-electron chi connectivity index (χ2n) is 6.35. The smallest absolute Gasteiger partial charge is 0.119 e. The van der Waals surface area contributed by atoms with Gasteiger partial charge in [-0.3, -0.25) is 0 Å². The SMILES string of the molecule is CC(C)Oc1cccc(C[C@@H](C)Oc2ccc(-c3ccns3)cc2)c1. The van der Waals surface area contributed by atoms with Crippen molar-refractivity contribution in [3.05, 3.63) is 66.4 Å². The minimum atomic E-state index is 0.0866. The number of aromatic nitrogens is 1. The molecule has 1 atom stereocenters. The number of hydrogen-bond donors (Lipinski definition) is 0. The fraction of sp³-hybridized carbons (Fsp3) is 0.286. The average molecular weight is 353 g/mol. The van der Waals surface area contributed by atoms with E-state index < -0.39 is 0 Å². The minimum absolute atomic E-state index is 0.0866. The molecule has 0 aliphatic rings. The van der Waals surface area contributed by atoms with Crippen molar-refractivity contribution in [3.8, 4) is 21.9 Å². The summed E-state index contributed by atoms with van der Waals surface area (Å²) in [6.07, 6.45) is 2.93. The summed E-state index contributed by atoms with van der Waals surface area (Å²) in [6, 6.07) is 18.4. The van der Waals surface area contributed by atoms with E-state index in [4.69, 9.17) is 9.47 Å². The van der Waals surface area contributed by atoms with E-state index >= 15 is 0 Å².